The number of aryl methyl sites for hydroxylation is 2. The van der Waals surface area contributed by atoms with Crippen molar-refractivity contribution >= 4 is 18.0 Å². The molecule has 7 heteroatoms. The van der Waals surface area contributed by atoms with Crippen LogP contribution in [-0.4, -0.2) is 36.6 Å². The molecule has 16 heavy (non-hydrogen) atoms. The van der Waals surface area contributed by atoms with Crippen molar-refractivity contribution in [1.29, 1.82) is 0 Å². The molecule has 0 aliphatic carbocycles. The lowest BCUT2D eigenvalue weighted by Gasteiger charge is -2.01. The van der Waals surface area contributed by atoms with E-state index in [0.29, 0.717) is 18.5 Å². The first-order chi connectivity index (χ1) is 7.79. The van der Waals surface area contributed by atoms with Crippen LogP contribution in [-0.2, 0) is 13.6 Å². The molecule has 0 spiro atoms. The second-order valence-corrected chi connectivity index (χ2v) is 4.26. The minimum Gasteiger partial charge on any atom is -0.329 e. The zero-order chi connectivity index (χ0) is 11.4. The summed E-state index contributed by atoms with van der Waals surface area (Å²) in [7, 11) is 1.95. The quantitative estimate of drug-likeness (QED) is 0.563. The smallest absolute Gasteiger partial charge is 0.171 e. The lowest BCUT2D eigenvalue weighted by atomic mass is 10.5. The van der Waals surface area contributed by atoms with Crippen LogP contribution in [0.2, 0.25) is 0 Å². The molecule has 0 aromatic carbocycles. The van der Waals surface area contributed by atoms with Gasteiger partial charge in [-0.1, -0.05) is 17.0 Å². The predicted octanol–water partition coefficient (Wildman–Crippen LogP) is 0.616. The Morgan fingerprint density at radius 1 is 1.56 bits per heavy atom. The Hall–Kier alpha value is -1.63. The van der Waals surface area contributed by atoms with E-state index in [4.69, 9.17) is 0 Å². The fourth-order valence-electron chi connectivity index (χ4n) is 1.20. The van der Waals surface area contributed by atoms with Crippen molar-refractivity contribution < 1.29 is 4.79 Å². The lowest BCUT2D eigenvalue weighted by Crippen LogP contribution is -2.02. The molecule has 0 unspecified atom stereocenters. The third-order valence-electron chi connectivity index (χ3n) is 2.01. The Bertz CT molecular complexity index is 478. The van der Waals surface area contributed by atoms with Crippen molar-refractivity contribution in [2.24, 2.45) is 7.05 Å². The molecule has 2 heterocycles. The predicted molar refractivity (Wildman–Crippen MR) is 59.3 cm³/mol. The van der Waals surface area contributed by atoms with Gasteiger partial charge in [0.15, 0.2) is 11.4 Å². The zero-order valence-electron chi connectivity index (χ0n) is 8.78. The maximum absolute atomic E-state index is 10.4. The third-order valence-corrected chi connectivity index (χ3v) is 3.04. The summed E-state index contributed by atoms with van der Waals surface area (Å²) in [6.45, 7) is 0.707. The molecule has 2 aromatic rings. The summed E-state index contributed by atoms with van der Waals surface area (Å²) in [5.74, 6) is 0.840. The van der Waals surface area contributed by atoms with Crippen LogP contribution in [0.1, 0.15) is 10.5 Å². The molecule has 0 aliphatic rings. The Balaban J connectivity index is 1.84. The topological polar surface area (TPSA) is 65.6 Å². The van der Waals surface area contributed by atoms with Crippen LogP contribution in [0.25, 0.3) is 0 Å². The summed E-state index contributed by atoms with van der Waals surface area (Å²) in [6.07, 6.45) is 5.99. The summed E-state index contributed by atoms with van der Waals surface area (Å²) in [5, 5.41) is 8.47. The van der Waals surface area contributed by atoms with Crippen LogP contribution in [0.3, 0.4) is 0 Å². The van der Waals surface area contributed by atoms with Crippen LogP contribution in [0.15, 0.2) is 23.7 Å². The molecule has 0 aliphatic heterocycles. The summed E-state index contributed by atoms with van der Waals surface area (Å²) >= 11 is 1.64. The largest absolute Gasteiger partial charge is 0.329 e. The average Bonchev–Trinajstić information content (AvgIpc) is 2.89. The molecule has 0 bridgehead atoms. The zero-order valence-corrected chi connectivity index (χ0v) is 9.59. The third kappa shape index (κ3) is 2.48. The molecular weight excluding hydrogens is 226 g/mol. The molecule has 0 amide bonds. The number of nitrogens with zero attached hydrogens (tertiary/aromatic N) is 5. The number of hydrogen-bond donors (Lipinski definition) is 0. The van der Waals surface area contributed by atoms with E-state index in [2.05, 4.69) is 15.3 Å². The van der Waals surface area contributed by atoms with Gasteiger partial charge in [0, 0.05) is 25.2 Å². The van der Waals surface area contributed by atoms with E-state index in [1.54, 1.807) is 28.8 Å². The minimum atomic E-state index is 0.363. The van der Waals surface area contributed by atoms with Gasteiger partial charge < -0.3 is 4.57 Å². The fourth-order valence-corrected chi connectivity index (χ4v) is 2.06. The van der Waals surface area contributed by atoms with Gasteiger partial charge in [-0.05, 0) is 0 Å². The van der Waals surface area contributed by atoms with Gasteiger partial charge in [0.05, 0.1) is 12.7 Å². The Kier molecular flexibility index (Phi) is 3.35. The molecule has 6 nitrogen and oxygen atoms in total. The van der Waals surface area contributed by atoms with Crippen LogP contribution in [0, 0.1) is 0 Å². The first-order valence-electron chi connectivity index (χ1n) is 4.75. The highest BCUT2D eigenvalue weighted by atomic mass is 32.2. The van der Waals surface area contributed by atoms with E-state index >= 15 is 0 Å². The first kappa shape index (κ1) is 10.9. The molecule has 0 fully saturated rings. The molecule has 0 atom stereocenters. The van der Waals surface area contributed by atoms with Gasteiger partial charge >= 0.3 is 0 Å². The highest BCUT2D eigenvalue weighted by Gasteiger charge is 2.01. The second kappa shape index (κ2) is 4.93. The van der Waals surface area contributed by atoms with Crippen molar-refractivity contribution in [3.63, 3.8) is 0 Å². The molecule has 2 aromatic heterocycles. The molecular formula is C9H11N5OS. The van der Waals surface area contributed by atoms with Crippen LogP contribution in [0.4, 0.5) is 0 Å². The lowest BCUT2D eigenvalue weighted by molar-refractivity contribution is 0.111. The number of rotatable bonds is 5. The Labute approximate surface area is 96.7 Å². The Morgan fingerprint density at radius 2 is 2.44 bits per heavy atom. The second-order valence-electron chi connectivity index (χ2n) is 3.19. The van der Waals surface area contributed by atoms with Crippen molar-refractivity contribution in [3.05, 3.63) is 24.3 Å². The number of aldehydes is 1. The van der Waals surface area contributed by atoms with Gasteiger partial charge in [-0.25, -0.2) is 4.98 Å². The summed E-state index contributed by atoms with van der Waals surface area (Å²) in [5.41, 5.74) is 0.363. The van der Waals surface area contributed by atoms with Gasteiger partial charge in [-0.2, -0.15) is 0 Å². The van der Waals surface area contributed by atoms with E-state index < -0.39 is 0 Å². The molecule has 0 N–H and O–H groups in total. The van der Waals surface area contributed by atoms with Crippen molar-refractivity contribution in [1.82, 2.24) is 24.5 Å². The normalized spacial score (nSPS) is 10.6. The van der Waals surface area contributed by atoms with Gasteiger partial charge in [-0.3, -0.25) is 9.48 Å². The van der Waals surface area contributed by atoms with Gasteiger partial charge in [0.25, 0.3) is 0 Å². The van der Waals surface area contributed by atoms with Crippen LogP contribution < -0.4 is 0 Å². The van der Waals surface area contributed by atoms with Crippen molar-refractivity contribution in [2.45, 2.75) is 11.7 Å². The van der Waals surface area contributed by atoms with Crippen molar-refractivity contribution in [3.8, 4) is 0 Å². The van der Waals surface area contributed by atoms with Crippen molar-refractivity contribution in [2.75, 3.05) is 5.75 Å². The molecule has 0 saturated carbocycles. The number of hydrogen-bond acceptors (Lipinski definition) is 5. The van der Waals surface area contributed by atoms with Crippen LogP contribution in [0.5, 0.6) is 0 Å². The molecule has 84 valence electrons. The number of imidazole rings is 1. The van der Waals surface area contributed by atoms with Crippen LogP contribution >= 0.6 is 11.8 Å². The van der Waals surface area contributed by atoms with Gasteiger partial charge in [0.2, 0.25) is 0 Å². The van der Waals surface area contributed by atoms with E-state index in [9.17, 15) is 4.79 Å². The highest BCUT2D eigenvalue weighted by Crippen LogP contribution is 2.14. The van der Waals surface area contributed by atoms with E-state index in [1.165, 1.54) is 0 Å². The SMILES string of the molecule is Cn1ccnc1SCCn1cc(C=O)nn1. The average molecular weight is 237 g/mol. The fraction of sp³-hybridized carbons (Fsp3) is 0.333. The number of aromatic nitrogens is 5. The first-order valence-corrected chi connectivity index (χ1v) is 5.73. The standard InChI is InChI=1S/C9H11N5OS/c1-13-3-2-10-9(13)16-5-4-14-6-8(7-15)11-12-14/h2-3,6-7H,4-5H2,1H3. The van der Waals surface area contributed by atoms with Gasteiger partial charge in [0.1, 0.15) is 5.69 Å². The van der Waals surface area contributed by atoms with E-state index in [-0.39, 0.29) is 0 Å². The number of carbonyl (C=O) groups excluding carboxylic acids is 1. The Morgan fingerprint density at radius 3 is 3.06 bits per heavy atom. The van der Waals surface area contributed by atoms with E-state index in [1.807, 2.05) is 17.8 Å². The maximum Gasteiger partial charge on any atom is 0.171 e. The number of carbonyl (C=O) groups is 1. The number of thioether (sulfide) groups is 1. The monoisotopic (exact) mass is 237 g/mol. The minimum absolute atomic E-state index is 0.363. The maximum atomic E-state index is 10.4. The van der Waals surface area contributed by atoms with Gasteiger partial charge in [-0.15, -0.1) is 5.10 Å². The molecule has 2 rings (SSSR count). The van der Waals surface area contributed by atoms with E-state index in [0.717, 1.165) is 10.9 Å². The summed E-state index contributed by atoms with van der Waals surface area (Å²) < 4.78 is 3.61. The molecule has 0 saturated heterocycles. The molecule has 0 radical (unpaired) electrons. The summed E-state index contributed by atoms with van der Waals surface area (Å²) in [6, 6.07) is 0. The highest BCUT2D eigenvalue weighted by molar-refractivity contribution is 7.99. The summed E-state index contributed by atoms with van der Waals surface area (Å²) in [4.78, 5) is 14.6.